The number of carbonyl (C=O) groups is 1. The fourth-order valence-electron chi connectivity index (χ4n) is 3.31. The van der Waals surface area contributed by atoms with Crippen LogP contribution in [0.1, 0.15) is 5.69 Å². The predicted molar refractivity (Wildman–Crippen MR) is 120 cm³/mol. The van der Waals surface area contributed by atoms with E-state index in [4.69, 9.17) is 14.2 Å². The SMILES string of the molecule is COc1ccc(-c2nc(CC(=O)Nc3ccc(N4CCOCC4)cn3)cs2)cc1OC. The summed E-state index contributed by atoms with van der Waals surface area (Å²) >= 11 is 1.48. The van der Waals surface area contributed by atoms with Crippen LogP contribution in [0.3, 0.4) is 0 Å². The van der Waals surface area contributed by atoms with Crippen molar-refractivity contribution in [3.05, 3.63) is 47.6 Å². The molecule has 1 aliphatic heterocycles. The van der Waals surface area contributed by atoms with Crippen LogP contribution in [0, 0.1) is 0 Å². The summed E-state index contributed by atoms with van der Waals surface area (Å²) in [5.74, 6) is 1.67. The largest absolute Gasteiger partial charge is 0.493 e. The average Bonchev–Trinajstić information content (AvgIpc) is 3.28. The Hall–Kier alpha value is -3.17. The lowest BCUT2D eigenvalue weighted by Crippen LogP contribution is -2.36. The second kappa shape index (κ2) is 9.76. The predicted octanol–water partition coefficient (Wildman–Crippen LogP) is 3.24. The van der Waals surface area contributed by atoms with E-state index in [1.54, 1.807) is 20.4 Å². The van der Waals surface area contributed by atoms with Gasteiger partial charge < -0.3 is 24.4 Å². The third-order valence-corrected chi connectivity index (χ3v) is 5.86. The molecular weight excluding hydrogens is 416 g/mol. The van der Waals surface area contributed by atoms with Crippen molar-refractivity contribution in [2.45, 2.75) is 6.42 Å². The number of rotatable bonds is 7. The lowest BCUT2D eigenvalue weighted by molar-refractivity contribution is -0.115. The van der Waals surface area contributed by atoms with Crippen LogP contribution < -0.4 is 19.7 Å². The van der Waals surface area contributed by atoms with Gasteiger partial charge >= 0.3 is 0 Å². The number of thiazole rings is 1. The molecule has 0 radical (unpaired) electrons. The summed E-state index contributed by atoms with van der Waals surface area (Å²) in [6.45, 7) is 3.13. The van der Waals surface area contributed by atoms with Crippen molar-refractivity contribution in [2.75, 3.05) is 50.7 Å². The Balaban J connectivity index is 1.37. The van der Waals surface area contributed by atoms with Gasteiger partial charge in [-0.05, 0) is 30.3 Å². The van der Waals surface area contributed by atoms with E-state index in [1.165, 1.54) is 11.3 Å². The summed E-state index contributed by atoms with van der Waals surface area (Å²) in [6.07, 6.45) is 1.95. The first kappa shape index (κ1) is 21.1. The van der Waals surface area contributed by atoms with E-state index < -0.39 is 0 Å². The number of morpholine rings is 1. The molecule has 8 nitrogen and oxygen atoms in total. The molecule has 9 heteroatoms. The summed E-state index contributed by atoms with van der Waals surface area (Å²) < 4.78 is 16.0. The first-order valence-corrected chi connectivity index (χ1v) is 10.8. The Morgan fingerprint density at radius 1 is 1.16 bits per heavy atom. The number of ether oxygens (including phenoxy) is 3. The highest BCUT2D eigenvalue weighted by molar-refractivity contribution is 7.13. The maximum Gasteiger partial charge on any atom is 0.231 e. The Morgan fingerprint density at radius 3 is 2.68 bits per heavy atom. The Bertz CT molecular complexity index is 1030. The van der Waals surface area contributed by atoms with E-state index in [0.717, 1.165) is 42.6 Å². The van der Waals surface area contributed by atoms with Gasteiger partial charge in [0, 0.05) is 24.0 Å². The molecule has 2 aromatic heterocycles. The van der Waals surface area contributed by atoms with Crippen molar-refractivity contribution in [1.29, 1.82) is 0 Å². The third-order valence-electron chi connectivity index (χ3n) is 4.92. The number of hydrogen-bond acceptors (Lipinski definition) is 8. The number of benzene rings is 1. The minimum absolute atomic E-state index is 0.157. The van der Waals surface area contributed by atoms with E-state index in [-0.39, 0.29) is 12.3 Å². The molecule has 0 aliphatic carbocycles. The lowest BCUT2D eigenvalue weighted by Gasteiger charge is -2.28. The second-order valence-corrected chi connectivity index (χ2v) is 7.80. The van der Waals surface area contributed by atoms with Gasteiger partial charge in [0.05, 0.1) is 51.4 Å². The molecule has 0 bridgehead atoms. The number of aromatic nitrogens is 2. The molecule has 0 spiro atoms. The number of nitrogens with zero attached hydrogens (tertiary/aromatic N) is 3. The standard InChI is InChI=1S/C22H24N4O4S/c1-28-18-5-3-15(11-19(18)29-2)22-24-16(14-31-22)12-21(27)25-20-6-4-17(13-23-20)26-7-9-30-10-8-26/h3-6,11,13-14H,7-10,12H2,1-2H3,(H,23,25,27). The monoisotopic (exact) mass is 440 g/mol. The van der Waals surface area contributed by atoms with Gasteiger partial charge in [0.25, 0.3) is 0 Å². The molecule has 1 aromatic carbocycles. The van der Waals surface area contributed by atoms with Crippen LogP contribution in [0.2, 0.25) is 0 Å². The molecule has 4 rings (SSSR count). The molecule has 0 unspecified atom stereocenters. The Labute approximate surface area is 184 Å². The molecule has 1 saturated heterocycles. The van der Waals surface area contributed by atoms with Crippen LogP contribution in [0.25, 0.3) is 10.6 Å². The van der Waals surface area contributed by atoms with E-state index in [0.29, 0.717) is 23.0 Å². The summed E-state index contributed by atoms with van der Waals surface area (Å²) in [6, 6.07) is 9.42. The second-order valence-electron chi connectivity index (χ2n) is 6.94. The summed E-state index contributed by atoms with van der Waals surface area (Å²) in [4.78, 5) is 23.6. The van der Waals surface area contributed by atoms with Gasteiger partial charge in [0.1, 0.15) is 10.8 Å². The van der Waals surface area contributed by atoms with Crippen molar-refractivity contribution >= 4 is 28.7 Å². The van der Waals surface area contributed by atoms with Crippen molar-refractivity contribution in [3.63, 3.8) is 0 Å². The minimum atomic E-state index is -0.157. The van der Waals surface area contributed by atoms with Gasteiger partial charge in [0.15, 0.2) is 11.5 Å². The molecule has 3 aromatic rings. The molecule has 162 valence electrons. The zero-order chi connectivity index (χ0) is 21.6. The highest BCUT2D eigenvalue weighted by atomic mass is 32.1. The van der Waals surface area contributed by atoms with E-state index in [9.17, 15) is 4.79 Å². The maximum atomic E-state index is 12.4. The first-order valence-electron chi connectivity index (χ1n) is 9.91. The number of pyridine rings is 1. The van der Waals surface area contributed by atoms with Crippen LogP contribution in [0.15, 0.2) is 41.9 Å². The van der Waals surface area contributed by atoms with Crippen LogP contribution in [0.4, 0.5) is 11.5 Å². The molecule has 1 aliphatic rings. The summed E-state index contributed by atoms with van der Waals surface area (Å²) in [5.41, 5.74) is 2.65. The highest BCUT2D eigenvalue weighted by Gasteiger charge is 2.14. The first-order chi connectivity index (χ1) is 15.2. The molecule has 31 heavy (non-hydrogen) atoms. The topological polar surface area (TPSA) is 85.8 Å². The van der Waals surface area contributed by atoms with E-state index in [1.807, 2.05) is 35.7 Å². The van der Waals surface area contributed by atoms with Crippen LogP contribution in [-0.4, -0.2) is 56.4 Å². The van der Waals surface area contributed by atoms with Gasteiger partial charge in [-0.3, -0.25) is 4.79 Å². The summed E-state index contributed by atoms with van der Waals surface area (Å²) in [7, 11) is 3.20. The minimum Gasteiger partial charge on any atom is -0.493 e. The Kier molecular flexibility index (Phi) is 6.63. The molecule has 0 atom stereocenters. The molecule has 0 saturated carbocycles. The van der Waals surface area contributed by atoms with Crippen molar-refractivity contribution in [3.8, 4) is 22.1 Å². The number of anilines is 2. The molecule has 1 amide bonds. The quantitative estimate of drug-likeness (QED) is 0.604. The number of hydrogen-bond donors (Lipinski definition) is 1. The van der Waals surface area contributed by atoms with Gasteiger partial charge in [-0.15, -0.1) is 11.3 Å². The van der Waals surface area contributed by atoms with Crippen molar-refractivity contribution in [1.82, 2.24) is 9.97 Å². The number of nitrogens with one attached hydrogen (secondary N) is 1. The zero-order valence-electron chi connectivity index (χ0n) is 17.5. The van der Waals surface area contributed by atoms with Gasteiger partial charge in [0.2, 0.25) is 5.91 Å². The van der Waals surface area contributed by atoms with Gasteiger partial charge in [-0.25, -0.2) is 9.97 Å². The smallest absolute Gasteiger partial charge is 0.231 e. The third kappa shape index (κ3) is 5.12. The molecule has 1 N–H and O–H groups in total. The van der Waals surface area contributed by atoms with Gasteiger partial charge in [-0.2, -0.15) is 0 Å². The zero-order valence-corrected chi connectivity index (χ0v) is 18.3. The van der Waals surface area contributed by atoms with Crippen LogP contribution in [0.5, 0.6) is 11.5 Å². The van der Waals surface area contributed by atoms with Crippen LogP contribution in [-0.2, 0) is 16.0 Å². The van der Waals surface area contributed by atoms with Crippen molar-refractivity contribution < 1.29 is 19.0 Å². The average molecular weight is 441 g/mol. The summed E-state index contributed by atoms with van der Waals surface area (Å²) in [5, 5.41) is 5.54. The van der Waals surface area contributed by atoms with Crippen molar-refractivity contribution in [2.24, 2.45) is 0 Å². The fourth-order valence-corrected chi connectivity index (χ4v) is 4.13. The highest BCUT2D eigenvalue weighted by Crippen LogP contribution is 2.33. The molecular formula is C22H24N4O4S. The van der Waals surface area contributed by atoms with Crippen LogP contribution >= 0.6 is 11.3 Å². The maximum absolute atomic E-state index is 12.4. The fraction of sp³-hybridized carbons (Fsp3) is 0.318. The van der Waals surface area contributed by atoms with Gasteiger partial charge in [-0.1, -0.05) is 0 Å². The van der Waals surface area contributed by atoms with E-state index >= 15 is 0 Å². The van der Waals surface area contributed by atoms with E-state index in [2.05, 4.69) is 20.2 Å². The number of carbonyl (C=O) groups excluding carboxylic acids is 1. The normalized spacial score (nSPS) is 13.7. The molecule has 3 heterocycles. The Morgan fingerprint density at radius 2 is 1.97 bits per heavy atom. The number of methoxy groups -OCH3 is 2. The molecule has 1 fully saturated rings. The lowest BCUT2D eigenvalue weighted by atomic mass is 10.2. The number of amides is 1.